The molecule has 0 saturated carbocycles. The molecule has 1 saturated heterocycles. The van der Waals surface area contributed by atoms with Gasteiger partial charge in [-0.2, -0.15) is 0 Å². The zero-order valence-corrected chi connectivity index (χ0v) is 13.6. The fraction of sp³-hybridized carbons (Fsp3) is 0.562. The van der Waals surface area contributed by atoms with Gasteiger partial charge in [0.1, 0.15) is 0 Å². The van der Waals surface area contributed by atoms with Crippen LogP contribution in [0.2, 0.25) is 0 Å². The summed E-state index contributed by atoms with van der Waals surface area (Å²) in [5.41, 5.74) is 6.91. The van der Waals surface area contributed by atoms with E-state index in [1.807, 2.05) is 23.1 Å². The Kier molecular flexibility index (Phi) is 5.61. The van der Waals surface area contributed by atoms with Gasteiger partial charge in [0.25, 0.3) is 0 Å². The van der Waals surface area contributed by atoms with Crippen molar-refractivity contribution in [2.24, 2.45) is 17.6 Å². The number of benzene rings is 1. The number of amides is 1. The summed E-state index contributed by atoms with van der Waals surface area (Å²) in [7, 11) is 0. The number of hydrogen-bond acceptors (Lipinski definition) is 2. The van der Waals surface area contributed by atoms with E-state index >= 15 is 0 Å². The molecule has 1 aliphatic heterocycles. The van der Waals surface area contributed by atoms with Crippen molar-refractivity contribution in [2.45, 2.75) is 26.2 Å². The van der Waals surface area contributed by atoms with E-state index in [9.17, 15) is 4.79 Å². The van der Waals surface area contributed by atoms with E-state index in [2.05, 4.69) is 28.9 Å². The molecule has 0 spiro atoms. The van der Waals surface area contributed by atoms with Gasteiger partial charge < -0.3 is 10.6 Å². The van der Waals surface area contributed by atoms with Crippen LogP contribution in [0.15, 0.2) is 28.7 Å². The van der Waals surface area contributed by atoms with Crippen LogP contribution in [-0.4, -0.2) is 30.4 Å². The van der Waals surface area contributed by atoms with Gasteiger partial charge in [0.15, 0.2) is 0 Å². The average molecular weight is 339 g/mol. The molecule has 3 nitrogen and oxygen atoms in total. The van der Waals surface area contributed by atoms with Crippen molar-refractivity contribution in [1.82, 2.24) is 4.90 Å². The van der Waals surface area contributed by atoms with Crippen LogP contribution < -0.4 is 5.73 Å². The van der Waals surface area contributed by atoms with Crippen molar-refractivity contribution < 1.29 is 4.79 Å². The molecule has 2 atom stereocenters. The highest BCUT2D eigenvalue weighted by Crippen LogP contribution is 2.24. The Bertz CT molecular complexity index is 464. The lowest BCUT2D eigenvalue weighted by Crippen LogP contribution is -2.35. The van der Waals surface area contributed by atoms with Crippen molar-refractivity contribution in [2.75, 3.05) is 19.6 Å². The Balaban J connectivity index is 2.01. The smallest absolute Gasteiger partial charge is 0.226 e. The van der Waals surface area contributed by atoms with E-state index in [-0.39, 0.29) is 5.92 Å². The van der Waals surface area contributed by atoms with Gasteiger partial charge in [0.2, 0.25) is 5.91 Å². The summed E-state index contributed by atoms with van der Waals surface area (Å²) in [6, 6.07) is 8.15. The SMILES string of the molecule is CC[C@H](Cc1ccccc1Br)C(=O)N1CC[C@@H](CN)C1. The molecule has 0 radical (unpaired) electrons. The van der Waals surface area contributed by atoms with Gasteiger partial charge >= 0.3 is 0 Å². The number of nitrogens with two attached hydrogens (primary N) is 1. The van der Waals surface area contributed by atoms with E-state index in [0.717, 1.165) is 36.8 Å². The second-order valence-electron chi connectivity index (χ2n) is 5.58. The lowest BCUT2D eigenvalue weighted by Gasteiger charge is -2.23. The predicted octanol–water partition coefficient (Wildman–Crippen LogP) is 2.83. The molecule has 0 aliphatic carbocycles. The maximum Gasteiger partial charge on any atom is 0.226 e. The summed E-state index contributed by atoms with van der Waals surface area (Å²) < 4.78 is 1.09. The maximum atomic E-state index is 12.6. The van der Waals surface area contributed by atoms with E-state index < -0.39 is 0 Å². The van der Waals surface area contributed by atoms with Crippen LogP contribution in [0.5, 0.6) is 0 Å². The topological polar surface area (TPSA) is 46.3 Å². The average Bonchev–Trinajstić information content (AvgIpc) is 2.94. The first-order chi connectivity index (χ1) is 9.65. The molecule has 2 N–H and O–H groups in total. The number of halogens is 1. The van der Waals surface area contributed by atoms with Gasteiger partial charge in [-0.3, -0.25) is 4.79 Å². The first kappa shape index (κ1) is 15.5. The number of carbonyl (C=O) groups excluding carboxylic acids is 1. The quantitative estimate of drug-likeness (QED) is 0.897. The molecule has 110 valence electrons. The molecule has 1 aromatic carbocycles. The molecule has 0 bridgehead atoms. The molecule has 1 aliphatic rings. The molecule has 0 aromatic heterocycles. The number of hydrogen-bond donors (Lipinski definition) is 1. The third-order valence-corrected chi connectivity index (χ3v) is 4.97. The summed E-state index contributed by atoms with van der Waals surface area (Å²) in [5, 5.41) is 0. The highest BCUT2D eigenvalue weighted by Gasteiger charge is 2.29. The first-order valence-electron chi connectivity index (χ1n) is 7.38. The van der Waals surface area contributed by atoms with Crippen molar-refractivity contribution in [3.8, 4) is 0 Å². The summed E-state index contributed by atoms with van der Waals surface area (Å²) in [6.07, 6.45) is 2.73. The van der Waals surface area contributed by atoms with Crippen molar-refractivity contribution >= 4 is 21.8 Å². The molecule has 2 rings (SSSR count). The first-order valence-corrected chi connectivity index (χ1v) is 8.17. The van der Waals surface area contributed by atoms with Crippen LogP contribution in [0, 0.1) is 11.8 Å². The number of nitrogens with zero attached hydrogens (tertiary/aromatic N) is 1. The van der Waals surface area contributed by atoms with E-state index in [1.165, 1.54) is 5.56 Å². The Morgan fingerprint density at radius 2 is 2.25 bits per heavy atom. The summed E-state index contributed by atoms with van der Waals surface area (Å²) >= 11 is 3.57. The molecule has 1 amide bonds. The van der Waals surface area contributed by atoms with Crippen molar-refractivity contribution in [3.63, 3.8) is 0 Å². The second-order valence-corrected chi connectivity index (χ2v) is 6.43. The molecular weight excluding hydrogens is 316 g/mol. The fourth-order valence-electron chi connectivity index (χ4n) is 2.82. The summed E-state index contributed by atoms with van der Waals surface area (Å²) in [6.45, 7) is 4.48. The van der Waals surface area contributed by atoms with Gasteiger partial charge in [0, 0.05) is 23.5 Å². The molecule has 4 heteroatoms. The normalized spacial score (nSPS) is 20.1. The lowest BCUT2D eigenvalue weighted by atomic mass is 9.95. The van der Waals surface area contributed by atoms with Crippen LogP contribution in [0.25, 0.3) is 0 Å². The van der Waals surface area contributed by atoms with Gasteiger partial charge in [0.05, 0.1) is 0 Å². The van der Waals surface area contributed by atoms with E-state index in [1.54, 1.807) is 0 Å². The summed E-state index contributed by atoms with van der Waals surface area (Å²) in [4.78, 5) is 14.6. The fourth-order valence-corrected chi connectivity index (χ4v) is 3.27. The van der Waals surface area contributed by atoms with Crippen LogP contribution in [0.1, 0.15) is 25.3 Å². The number of likely N-dealkylation sites (tertiary alicyclic amines) is 1. The standard InChI is InChI=1S/C16H23BrN2O/c1-2-13(9-14-5-3-4-6-15(14)17)16(20)19-8-7-12(10-18)11-19/h3-6,12-13H,2,7-11,18H2,1H3/t12-,13+/m0/s1. The molecule has 20 heavy (non-hydrogen) atoms. The van der Waals surface area contributed by atoms with Crippen LogP contribution in [0.4, 0.5) is 0 Å². The highest BCUT2D eigenvalue weighted by molar-refractivity contribution is 9.10. The molecule has 1 heterocycles. The molecule has 0 unspecified atom stereocenters. The number of carbonyl (C=O) groups is 1. The largest absolute Gasteiger partial charge is 0.342 e. The van der Waals surface area contributed by atoms with Crippen molar-refractivity contribution in [1.29, 1.82) is 0 Å². The predicted molar refractivity (Wildman–Crippen MR) is 85.4 cm³/mol. The third kappa shape index (κ3) is 3.61. The van der Waals surface area contributed by atoms with Crippen LogP contribution in [0.3, 0.4) is 0 Å². The van der Waals surface area contributed by atoms with E-state index in [0.29, 0.717) is 18.4 Å². The monoisotopic (exact) mass is 338 g/mol. The minimum Gasteiger partial charge on any atom is -0.342 e. The third-order valence-electron chi connectivity index (χ3n) is 4.20. The minimum atomic E-state index is 0.0743. The summed E-state index contributed by atoms with van der Waals surface area (Å²) in [5.74, 6) is 0.851. The molecular formula is C16H23BrN2O. The van der Waals surface area contributed by atoms with E-state index in [4.69, 9.17) is 5.73 Å². The Morgan fingerprint density at radius 1 is 1.50 bits per heavy atom. The van der Waals surface area contributed by atoms with Crippen molar-refractivity contribution in [3.05, 3.63) is 34.3 Å². The lowest BCUT2D eigenvalue weighted by molar-refractivity contribution is -0.134. The zero-order valence-electron chi connectivity index (χ0n) is 12.0. The van der Waals surface area contributed by atoms with Gasteiger partial charge in [-0.15, -0.1) is 0 Å². The molecule has 1 fully saturated rings. The van der Waals surface area contributed by atoms with Crippen LogP contribution >= 0.6 is 15.9 Å². The highest BCUT2D eigenvalue weighted by atomic mass is 79.9. The van der Waals surface area contributed by atoms with Crippen LogP contribution in [-0.2, 0) is 11.2 Å². The molecule has 1 aromatic rings. The Morgan fingerprint density at radius 3 is 2.85 bits per heavy atom. The van der Waals surface area contributed by atoms with Gasteiger partial charge in [-0.25, -0.2) is 0 Å². The Labute approximate surface area is 129 Å². The zero-order chi connectivity index (χ0) is 14.5. The van der Waals surface area contributed by atoms with Gasteiger partial charge in [-0.05, 0) is 43.4 Å². The minimum absolute atomic E-state index is 0.0743. The Hall–Kier alpha value is -0.870. The maximum absolute atomic E-state index is 12.6. The second kappa shape index (κ2) is 7.23. The van der Waals surface area contributed by atoms with Gasteiger partial charge in [-0.1, -0.05) is 41.1 Å². The number of rotatable bonds is 5.